The summed E-state index contributed by atoms with van der Waals surface area (Å²) in [5.41, 5.74) is 1.67. The maximum atomic E-state index is 11.1. The molecule has 5 nitrogen and oxygen atoms in total. The third-order valence-corrected chi connectivity index (χ3v) is 3.81. The van der Waals surface area contributed by atoms with Crippen LogP contribution < -0.4 is 10.6 Å². The van der Waals surface area contributed by atoms with Crippen molar-refractivity contribution in [3.05, 3.63) is 33.9 Å². The van der Waals surface area contributed by atoms with Crippen LogP contribution >= 0.6 is 0 Å². The number of aryl methyl sites for hydroxylation is 1. The molecule has 2 N–H and O–H groups in total. The van der Waals surface area contributed by atoms with E-state index in [0.717, 1.165) is 32.5 Å². The zero-order valence-corrected chi connectivity index (χ0v) is 11.5. The highest BCUT2D eigenvalue weighted by molar-refractivity contribution is 5.65. The first-order chi connectivity index (χ1) is 9.02. The van der Waals surface area contributed by atoms with Gasteiger partial charge in [-0.15, -0.1) is 0 Å². The van der Waals surface area contributed by atoms with Gasteiger partial charge in [-0.1, -0.05) is 19.1 Å². The second kappa shape index (κ2) is 5.57. The van der Waals surface area contributed by atoms with Crippen molar-refractivity contribution in [1.29, 1.82) is 0 Å². The summed E-state index contributed by atoms with van der Waals surface area (Å²) in [6.07, 6.45) is 2.31. The molecule has 0 aromatic heterocycles. The van der Waals surface area contributed by atoms with E-state index in [0.29, 0.717) is 11.3 Å². The molecule has 0 radical (unpaired) electrons. The number of hydrogen-bond donors (Lipinski definition) is 2. The van der Waals surface area contributed by atoms with Gasteiger partial charge < -0.3 is 10.6 Å². The van der Waals surface area contributed by atoms with Gasteiger partial charge in [-0.3, -0.25) is 10.1 Å². The lowest BCUT2D eigenvalue weighted by Gasteiger charge is -2.34. The molecule has 0 bridgehead atoms. The Morgan fingerprint density at radius 3 is 2.95 bits per heavy atom. The lowest BCUT2D eigenvalue weighted by atomic mass is 9.82. The van der Waals surface area contributed by atoms with Crippen LogP contribution in [0.15, 0.2) is 18.2 Å². The molecule has 1 fully saturated rings. The fraction of sp³-hybridized carbons (Fsp3) is 0.571. The number of nitrogens with zero attached hydrogens (tertiary/aromatic N) is 1. The standard InChI is InChI=1S/C14H21N3O2/c1-11-5-3-6-12(13(11)17(18)19)16-10-14(2)7-4-8-15-9-14/h3,5-6,15-16H,4,7-10H2,1-2H3. The molecule has 5 heteroatoms. The number of piperidine rings is 1. The summed E-state index contributed by atoms with van der Waals surface area (Å²) in [5.74, 6) is 0. The van der Waals surface area contributed by atoms with Crippen molar-refractivity contribution in [3.63, 3.8) is 0 Å². The third-order valence-electron chi connectivity index (χ3n) is 3.81. The van der Waals surface area contributed by atoms with Crippen LogP contribution in [0.3, 0.4) is 0 Å². The number of anilines is 1. The second-order valence-corrected chi connectivity index (χ2v) is 5.67. The quantitative estimate of drug-likeness (QED) is 0.647. The first-order valence-electron chi connectivity index (χ1n) is 6.70. The van der Waals surface area contributed by atoms with Crippen LogP contribution in [0, 0.1) is 22.5 Å². The summed E-state index contributed by atoms with van der Waals surface area (Å²) in [4.78, 5) is 10.8. The van der Waals surface area contributed by atoms with Crippen LogP contribution in [0.25, 0.3) is 0 Å². The minimum absolute atomic E-state index is 0.163. The summed E-state index contributed by atoms with van der Waals surface area (Å²) >= 11 is 0. The highest BCUT2D eigenvalue weighted by Crippen LogP contribution is 2.31. The Bertz CT molecular complexity index is 468. The minimum Gasteiger partial charge on any atom is -0.379 e. The molecule has 1 saturated heterocycles. The molecular formula is C14H21N3O2. The van der Waals surface area contributed by atoms with Gasteiger partial charge >= 0.3 is 0 Å². The Morgan fingerprint density at radius 1 is 1.53 bits per heavy atom. The summed E-state index contributed by atoms with van der Waals surface area (Å²) in [5, 5.41) is 17.8. The SMILES string of the molecule is Cc1cccc(NCC2(C)CCCNC2)c1[N+](=O)[O-]. The zero-order chi connectivity index (χ0) is 13.9. The lowest BCUT2D eigenvalue weighted by Crippen LogP contribution is -2.42. The van der Waals surface area contributed by atoms with E-state index in [1.54, 1.807) is 19.1 Å². The Balaban J connectivity index is 2.11. The number of benzene rings is 1. The van der Waals surface area contributed by atoms with Crippen molar-refractivity contribution in [2.24, 2.45) is 5.41 Å². The molecule has 1 unspecified atom stereocenters. The molecule has 19 heavy (non-hydrogen) atoms. The molecular weight excluding hydrogens is 242 g/mol. The molecule has 0 amide bonds. The first-order valence-corrected chi connectivity index (χ1v) is 6.70. The maximum Gasteiger partial charge on any atom is 0.295 e. The molecule has 1 aromatic rings. The molecule has 1 aromatic carbocycles. The molecule has 1 aliphatic rings. The number of hydrogen-bond acceptors (Lipinski definition) is 4. The second-order valence-electron chi connectivity index (χ2n) is 5.67. The normalized spacial score (nSPS) is 23.1. The number of nitro benzene ring substituents is 1. The molecule has 1 heterocycles. The van der Waals surface area contributed by atoms with Gasteiger partial charge in [-0.25, -0.2) is 0 Å². The molecule has 0 aliphatic carbocycles. The van der Waals surface area contributed by atoms with Crippen molar-refractivity contribution >= 4 is 11.4 Å². The average molecular weight is 263 g/mol. The maximum absolute atomic E-state index is 11.1. The van der Waals surface area contributed by atoms with E-state index in [1.807, 2.05) is 6.07 Å². The van der Waals surface area contributed by atoms with Gasteiger partial charge in [0.15, 0.2) is 0 Å². The summed E-state index contributed by atoms with van der Waals surface area (Å²) in [7, 11) is 0. The van der Waals surface area contributed by atoms with Gasteiger partial charge in [0.05, 0.1) is 4.92 Å². The van der Waals surface area contributed by atoms with E-state index in [9.17, 15) is 10.1 Å². The van der Waals surface area contributed by atoms with E-state index < -0.39 is 0 Å². The van der Waals surface area contributed by atoms with E-state index in [4.69, 9.17) is 0 Å². The van der Waals surface area contributed by atoms with Crippen LogP contribution in [-0.4, -0.2) is 24.6 Å². The number of rotatable bonds is 4. The fourth-order valence-corrected chi connectivity index (χ4v) is 2.62. The minimum atomic E-state index is -0.306. The van der Waals surface area contributed by atoms with Crippen molar-refractivity contribution < 1.29 is 4.92 Å². The molecule has 0 spiro atoms. The van der Waals surface area contributed by atoms with Crippen LogP contribution in [0.1, 0.15) is 25.3 Å². The fourth-order valence-electron chi connectivity index (χ4n) is 2.62. The van der Waals surface area contributed by atoms with Crippen molar-refractivity contribution in [2.75, 3.05) is 25.0 Å². The van der Waals surface area contributed by atoms with Crippen LogP contribution in [-0.2, 0) is 0 Å². The summed E-state index contributed by atoms with van der Waals surface area (Å²) in [6, 6.07) is 5.41. The van der Waals surface area contributed by atoms with E-state index in [-0.39, 0.29) is 16.0 Å². The van der Waals surface area contributed by atoms with Gasteiger partial charge in [0.25, 0.3) is 5.69 Å². The monoisotopic (exact) mass is 263 g/mol. The lowest BCUT2D eigenvalue weighted by molar-refractivity contribution is -0.384. The zero-order valence-electron chi connectivity index (χ0n) is 11.5. The highest BCUT2D eigenvalue weighted by atomic mass is 16.6. The molecule has 1 atom stereocenters. The summed E-state index contributed by atoms with van der Waals surface area (Å²) < 4.78 is 0. The van der Waals surface area contributed by atoms with Gasteiger partial charge in [0.2, 0.25) is 0 Å². The molecule has 0 saturated carbocycles. The Labute approximate surface area is 113 Å². The van der Waals surface area contributed by atoms with Gasteiger partial charge in [0, 0.05) is 18.7 Å². The highest BCUT2D eigenvalue weighted by Gasteiger charge is 2.27. The van der Waals surface area contributed by atoms with Crippen LogP contribution in [0.2, 0.25) is 0 Å². The topological polar surface area (TPSA) is 67.2 Å². The molecule has 2 rings (SSSR count). The van der Waals surface area contributed by atoms with Gasteiger partial charge in [0.1, 0.15) is 5.69 Å². The predicted molar refractivity (Wildman–Crippen MR) is 76.5 cm³/mol. The van der Waals surface area contributed by atoms with Gasteiger partial charge in [-0.2, -0.15) is 0 Å². The first kappa shape index (κ1) is 13.8. The predicted octanol–water partition coefficient (Wildman–Crippen LogP) is 2.70. The number of nitrogens with one attached hydrogen (secondary N) is 2. The van der Waals surface area contributed by atoms with Gasteiger partial charge in [-0.05, 0) is 37.8 Å². The largest absolute Gasteiger partial charge is 0.379 e. The van der Waals surface area contributed by atoms with Crippen LogP contribution in [0.4, 0.5) is 11.4 Å². The van der Waals surface area contributed by atoms with Crippen molar-refractivity contribution in [3.8, 4) is 0 Å². The average Bonchev–Trinajstić information content (AvgIpc) is 2.37. The number of para-hydroxylation sites is 1. The third kappa shape index (κ3) is 3.23. The van der Waals surface area contributed by atoms with Crippen LogP contribution in [0.5, 0.6) is 0 Å². The van der Waals surface area contributed by atoms with Crippen molar-refractivity contribution in [1.82, 2.24) is 5.32 Å². The summed E-state index contributed by atoms with van der Waals surface area (Å²) in [6.45, 7) is 6.77. The van der Waals surface area contributed by atoms with E-state index in [1.165, 1.54) is 0 Å². The van der Waals surface area contributed by atoms with Crippen molar-refractivity contribution in [2.45, 2.75) is 26.7 Å². The molecule has 104 valence electrons. The Hall–Kier alpha value is -1.62. The Kier molecular flexibility index (Phi) is 4.04. The number of nitro groups is 1. The van der Waals surface area contributed by atoms with E-state index >= 15 is 0 Å². The van der Waals surface area contributed by atoms with E-state index in [2.05, 4.69) is 17.6 Å². The molecule has 1 aliphatic heterocycles. The Morgan fingerprint density at radius 2 is 2.32 bits per heavy atom. The smallest absolute Gasteiger partial charge is 0.295 e.